The summed E-state index contributed by atoms with van der Waals surface area (Å²) in [5.41, 5.74) is 11.5. The van der Waals surface area contributed by atoms with Gasteiger partial charge in [-0.15, -0.1) is 33.7 Å². The molecule has 1 unspecified atom stereocenters. The van der Waals surface area contributed by atoms with E-state index in [4.69, 9.17) is 0 Å². The van der Waals surface area contributed by atoms with Crippen molar-refractivity contribution in [3.63, 3.8) is 0 Å². The average molecular weight is 883 g/mol. The summed E-state index contributed by atoms with van der Waals surface area (Å²) in [4.78, 5) is 0. The summed E-state index contributed by atoms with van der Waals surface area (Å²) >= 11 is 0. The van der Waals surface area contributed by atoms with Gasteiger partial charge in [0.05, 0.1) is 0 Å². The molecule has 2 heteroatoms. The third-order valence-corrected chi connectivity index (χ3v) is 13.7. The molecule has 0 heterocycles. The predicted octanol–water partition coefficient (Wildman–Crippen LogP) is 14.9. The zero-order chi connectivity index (χ0) is 41.6. The third kappa shape index (κ3) is 8.35. The minimum atomic E-state index is 0. The molecule has 0 bridgehead atoms. The Morgan fingerprint density at radius 2 is 1.15 bits per heavy atom. The van der Waals surface area contributed by atoms with Gasteiger partial charge in [0.1, 0.15) is 9.52 Å². The number of benzene rings is 8. The zero-order valence-corrected chi connectivity index (χ0v) is 40.2. The minimum Gasteiger partial charge on any atom is -0.126 e. The van der Waals surface area contributed by atoms with Gasteiger partial charge in [-0.25, -0.2) is 0 Å². The second kappa shape index (κ2) is 17.4. The van der Waals surface area contributed by atoms with Gasteiger partial charge in [-0.3, -0.25) is 0 Å². The van der Waals surface area contributed by atoms with E-state index in [1.165, 1.54) is 98.0 Å². The van der Waals surface area contributed by atoms with Crippen molar-refractivity contribution in [2.75, 3.05) is 0 Å². The molecule has 0 amide bonds. The van der Waals surface area contributed by atoms with Gasteiger partial charge in [0, 0.05) is 32.1 Å². The van der Waals surface area contributed by atoms with E-state index in [2.05, 4.69) is 224 Å². The molecule has 0 spiro atoms. The van der Waals surface area contributed by atoms with Crippen LogP contribution in [0.2, 0.25) is 0 Å². The molecule has 0 aliphatic heterocycles. The Bertz CT molecular complexity index is 2930. The second-order valence-corrected chi connectivity index (χ2v) is 20.1. The van der Waals surface area contributed by atoms with Gasteiger partial charge in [-0.2, -0.15) is 0 Å². The average Bonchev–Trinajstić information content (AvgIpc) is 3.81. The Hall–Kier alpha value is -5.01. The molecule has 1 aliphatic rings. The molecule has 1 atom stereocenters. The van der Waals surface area contributed by atoms with Crippen LogP contribution in [0, 0.1) is 0 Å². The third-order valence-electron chi connectivity index (χ3n) is 12.5. The number of hydrogen-bond donors (Lipinski definition) is 0. The largest absolute Gasteiger partial charge is 0.126 e. The van der Waals surface area contributed by atoms with E-state index >= 15 is 0 Å². The van der Waals surface area contributed by atoms with Crippen LogP contribution in [0.3, 0.4) is 0 Å². The van der Waals surface area contributed by atoms with Crippen LogP contribution in [0.5, 0.6) is 0 Å². The molecular weight excluding hydrogens is 828 g/mol. The normalized spacial score (nSPS) is 13.8. The van der Waals surface area contributed by atoms with E-state index in [1.807, 2.05) is 0 Å². The SMILES string of the molecule is CCCC1=Cc2c(-c3c4ccccc4cc4ccccc34)cccc2C1c1c(C(C)(C)C)ccc2c1[cH-]c1cc(C(C)(C)C)ccc12.[Zr].c1ccc([Si]c2ccccc2)cc1. The fourth-order valence-corrected chi connectivity index (χ4v) is 10.6. The zero-order valence-electron chi connectivity index (χ0n) is 36.7. The van der Waals surface area contributed by atoms with E-state index in [1.54, 1.807) is 0 Å². The molecule has 0 aromatic heterocycles. The van der Waals surface area contributed by atoms with Crippen molar-refractivity contribution in [3.8, 4) is 11.1 Å². The summed E-state index contributed by atoms with van der Waals surface area (Å²) < 4.78 is 0. The summed E-state index contributed by atoms with van der Waals surface area (Å²) in [5, 5.41) is 13.5. The summed E-state index contributed by atoms with van der Waals surface area (Å²) in [6.07, 6.45) is 4.78. The maximum Gasteiger partial charge on any atom is 0.121 e. The molecule has 0 saturated heterocycles. The molecule has 0 nitrogen and oxygen atoms in total. The van der Waals surface area contributed by atoms with Gasteiger partial charge in [-0.05, 0) is 67.1 Å². The van der Waals surface area contributed by atoms with Gasteiger partial charge in [0.25, 0.3) is 0 Å². The van der Waals surface area contributed by atoms with E-state index < -0.39 is 0 Å². The van der Waals surface area contributed by atoms with E-state index in [0.717, 1.165) is 22.4 Å². The first kappa shape index (κ1) is 42.7. The first-order valence-electron chi connectivity index (χ1n) is 21.8. The standard InChI is InChI=1S/C47H45.C12H10Si.Zr/c1-8-14-31-27-40-38(19-13-20-39(40)44-35-17-11-9-15-29(35)25-30-16-10-12-18-36(30)44)43(31)45-41-28-32-26-33(46(2,3)4)21-22-34(32)37(41)23-24-42(45)47(5,6)7;1-3-7-11(8-4-1)13-12-9-5-2-6-10-12;/h9-13,15-28,43H,8,14H2,1-7H3;1-10H;/q-1;;. The summed E-state index contributed by atoms with van der Waals surface area (Å²) in [6, 6.07) is 62.9. The Morgan fingerprint density at radius 1 is 0.557 bits per heavy atom. The Morgan fingerprint density at radius 3 is 1.74 bits per heavy atom. The van der Waals surface area contributed by atoms with Gasteiger partial charge in [0.15, 0.2) is 0 Å². The second-order valence-electron chi connectivity index (χ2n) is 18.7. The minimum absolute atomic E-state index is 0. The van der Waals surface area contributed by atoms with E-state index in [-0.39, 0.29) is 43.0 Å². The maximum absolute atomic E-state index is 2.57. The van der Waals surface area contributed by atoms with Crippen molar-refractivity contribution in [3.05, 3.63) is 203 Å². The Labute approximate surface area is 385 Å². The Kier molecular flexibility index (Phi) is 12.2. The molecule has 10 rings (SSSR count). The van der Waals surface area contributed by atoms with Crippen LogP contribution in [-0.4, -0.2) is 9.52 Å². The smallest absolute Gasteiger partial charge is 0.121 e. The monoisotopic (exact) mass is 881 g/mol. The van der Waals surface area contributed by atoms with E-state index in [0.29, 0.717) is 0 Å². The quantitative estimate of drug-likeness (QED) is 0.0887. The van der Waals surface area contributed by atoms with Crippen LogP contribution in [-0.2, 0) is 37.0 Å². The fourth-order valence-electron chi connectivity index (χ4n) is 9.58. The van der Waals surface area contributed by atoms with Crippen molar-refractivity contribution >= 4 is 69.1 Å². The molecule has 0 N–H and O–H groups in total. The molecular formula is C59H55SiZr-. The maximum atomic E-state index is 2.57. The van der Waals surface area contributed by atoms with Crippen molar-refractivity contribution in [1.82, 2.24) is 0 Å². The van der Waals surface area contributed by atoms with Crippen molar-refractivity contribution in [2.24, 2.45) is 0 Å². The number of rotatable bonds is 6. The molecule has 61 heavy (non-hydrogen) atoms. The van der Waals surface area contributed by atoms with Gasteiger partial charge < -0.3 is 0 Å². The van der Waals surface area contributed by atoms with Crippen LogP contribution < -0.4 is 10.4 Å². The van der Waals surface area contributed by atoms with Gasteiger partial charge >= 0.3 is 0 Å². The van der Waals surface area contributed by atoms with Crippen LogP contribution in [0.25, 0.3) is 60.3 Å². The molecule has 0 fully saturated rings. The number of hydrogen-bond acceptors (Lipinski definition) is 0. The predicted molar refractivity (Wildman–Crippen MR) is 264 cm³/mol. The molecule has 2 radical (unpaired) electrons. The van der Waals surface area contributed by atoms with Crippen LogP contribution in [0.15, 0.2) is 175 Å². The first-order chi connectivity index (χ1) is 29.0. The molecule has 300 valence electrons. The Balaban J connectivity index is 0.000000313. The van der Waals surface area contributed by atoms with E-state index in [9.17, 15) is 0 Å². The molecule has 0 saturated carbocycles. The first-order valence-corrected chi connectivity index (χ1v) is 22.8. The van der Waals surface area contributed by atoms with Crippen molar-refractivity contribution in [1.29, 1.82) is 0 Å². The number of fused-ring (bicyclic) bond motifs is 6. The number of allylic oxidation sites excluding steroid dienone is 1. The molecule has 9 aromatic carbocycles. The van der Waals surface area contributed by atoms with Gasteiger partial charge in [-0.1, -0.05) is 245 Å². The summed E-state index contributed by atoms with van der Waals surface area (Å²) in [5.74, 6) is 0.225. The van der Waals surface area contributed by atoms with Crippen LogP contribution >= 0.6 is 0 Å². The fraction of sp³-hybridized carbons (Fsp3) is 0.203. The summed E-state index contributed by atoms with van der Waals surface area (Å²) in [7, 11) is 0.777. The van der Waals surface area contributed by atoms with Crippen LogP contribution in [0.4, 0.5) is 0 Å². The van der Waals surface area contributed by atoms with Crippen molar-refractivity contribution in [2.45, 2.75) is 78.1 Å². The van der Waals surface area contributed by atoms with Gasteiger partial charge in [0.2, 0.25) is 0 Å². The van der Waals surface area contributed by atoms with Crippen LogP contribution in [0.1, 0.15) is 95.0 Å². The topological polar surface area (TPSA) is 0 Å². The molecule has 9 aromatic rings. The molecule has 1 aliphatic carbocycles. The van der Waals surface area contributed by atoms with Crippen molar-refractivity contribution < 1.29 is 26.2 Å². The summed E-state index contributed by atoms with van der Waals surface area (Å²) in [6.45, 7) is 16.4.